The molecule has 0 unspecified atom stereocenters. The van der Waals surface area contributed by atoms with Crippen LogP contribution in [0.25, 0.3) is 4.85 Å². The Balaban J connectivity index is 4.59. The van der Waals surface area contributed by atoms with Crippen LogP contribution < -0.4 is 0 Å². The summed E-state index contributed by atoms with van der Waals surface area (Å²) < 4.78 is 4.49. The van der Waals surface area contributed by atoms with Crippen LogP contribution in [-0.2, 0) is 9.53 Å². The zero-order valence-electron chi connectivity index (χ0n) is 6.50. The third-order valence-electron chi connectivity index (χ3n) is 0.981. The van der Waals surface area contributed by atoms with Gasteiger partial charge in [-0.2, -0.15) is 0 Å². The van der Waals surface area contributed by atoms with Gasteiger partial charge in [-0.05, 0) is 6.92 Å². The minimum atomic E-state index is -0.842. The van der Waals surface area contributed by atoms with Crippen molar-refractivity contribution in [1.82, 2.24) is 0 Å². The van der Waals surface area contributed by atoms with Crippen LogP contribution in [-0.4, -0.2) is 23.6 Å². The van der Waals surface area contributed by atoms with Crippen molar-refractivity contribution in [2.75, 3.05) is 12.5 Å². The van der Waals surface area contributed by atoms with Crippen LogP contribution in [0.4, 0.5) is 0 Å². The van der Waals surface area contributed by atoms with Crippen LogP contribution in [0.15, 0.2) is 11.5 Å². The number of carbonyl (C=O) groups is 1. The van der Waals surface area contributed by atoms with Gasteiger partial charge in [-0.15, -0.1) is 11.6 Å². The van der Waals surface area contributed by atoms with E-state index in [0.29, 0.717) is 0 Å². The average Bonchev–Trinajstić information content (AvgIpc) is 2.06. The van der Waals surface area contributed by atoms with Gasteiger partial charge in [-0.1, -0.05) is 0 Å². The number of halogens is 1. The number of aliphatic hydroxyl groups excluding tert-OH is 1. The lowest BCUT2D eigenvalue weighted by Gasteiger charge is -2.00. The predicted octanol–water partition coefficient (Wildman–Crippen LogP) is 1.48. The molecule has 0 bridgehead atoms. The molecule has 0 aromatic heterocycles. The van der Waals surface area contributed by atoms with Gasteiger partial charge in [-0.25, -0.2) is 4.85 Å². The first kappa shape index (κ1) is 10.8. The van der Waals surface area contributed by atoms with Crippen LogP contribution in [0.3, 0.4) is 0 Å². The summed E-state index contributed by atoms with van der Waals surface area (Å²) in [7, 11) is 0. The lowest BCUT2D eigenvalue weighted by molar-refractivity contribution is -0.138. The molecule has 0 saturated carbocycles. The Bertz CT molecular complexity index is 242. The molecular weight excluding hydrogens is 182 g/mol. The molecule has 0 heterocycles. The number of alkyl halides is 1. The molecule has 0 rings (SSSR count). The number of rotatable bonds is 3. The second-order valence-electron chi connectivity index (χ2n) is 1.76. The smallest absolute Gasteiger partial charge is 0.339 e. The second-order valence-corrected chi connectivity index (χ2v) is 2.03. The Kier molecular flexibility index (Phi) is 4.89. The normalized spacial score (nSPS) is 11.4. The topological polar surface area (TPSA) is 50.9 Å². The Labute approximate surface area is 75.2 Å². The van der Waals surface area contributed by atoms with Crippen molar-refractivity contribution in [3.05, 3.63) is 22.9 Å². The first-order chi connectivity index (χ1) is 5.67. The monoisotopic (exact) mass is 189 g/mol. The van der Waals surface area contributed by atoms with E-state index in [1.165, 1.54) is 0 Å². The maximum atomic E-state index is 10.9. The Morgan fingerprint density at radius 3 is 2.67 bits per heavy atom. The molecule has 0 spiro atoms. The Morgan fingerprint density at radius 2 is 2.33 bits per heavy atom. The quantitative estimate of drug-likeness (QED) is 0.241. The Hall–Kier alpha value is -1.21. The highest BCUT2D eigenvalue weighted by Crippen LogP contribution is 2.07. The summed E-state index contributed by atoms with van der Waals surface area (Å²) in [5.41, 5.74) is -0.452. The first-order valence-electron chi connectivity index (χ1n) is 3.20. The van der Waals surface area contributed by atoms with Crippen molar-refractivity contribution < 1.29 is 14.6 Å². The van der Waals surface area contributed by atoms with Gasteiger partial charge in [0, 0.05) is 0 Å². The van der Waals surface area contributed by atoms with E-state index in [0.717, 1.165) is 0 Å². The number of allylic oxidation sites excluding steroid dienone is 1. The molecule has 0 aromatic rings. The molecule has 4 nitrogen and oxygen atoms in total. The number of hydrogen-bond acceptors (Lipinski definition) is 3. The van der Waals surface area contributed by atoms with Gasteiger partial charge in [-0.3, -0.25) is 4.79 Å². The van der Waals surface area contributed by atoms with E-state index in [9.17, 15) is 4.79 Å². The highest BCUT2D eigenvalue weighted by Gasteiger charge is 2.15. The molecular formula is C7H8ClNO3. The van der Waals surface area contributed by atoms with E-state index in [4.69, 9.17) is 23.3 Å². The van der Waals surface area contributed by atoms with Gasteiger partial charge in [0.2, 0.25) is 0 Å². The van der Waals surface area contributed by atoms with Crippen LogP contribution in [0.5, 0.6) is 0 Å². The second kappa shape index (κ2) is 5.44. The van der Waals surface area contributed by atoms with Crippen molar-refractivity contribution in [3.63, 3.8) is 0 Å². The van der Waals surface area contributed by atoms with Crippen molar-refractivity contribution in [2.24, 2.45) is 0 Å². The van der Waals surface area contributed by atoms with Gasteiger partial charge in [0.05, 0.1) is 19.1 Å². The van der Waals surface area contributed by atoms with E-state index in [2.05, 4.69) is 9.58 Å². The zero-order valence-corrected chi connectivity index (χ0v) is 7.26. The number of nitrogens with zero attached hydrogens (tertiary/aromatic N) is 1. The van der Waals surface area contributed by atoms with Crippen molar-refractivity contribution >= 4 is 17.6 Å². The minimum Gasteiger partial charge on any atom is -0.522 e. The average molecular weight is 190 g/mol. The molecule has 5 heteroatoms. The highest BCUT2D eigenvalue weighted by molar-refractivity contribution is 6.19. The molecule has 66 valence electrons. The van der Waals surface area contributed by atoms with Crippen LogP contribution in [0.2, 0.25) is 0 Å². The fourth-order valence-electron chi connectivity index (χ4n) is 0.491. The number of esters is 1. The molecule has 1 N–H and O–H groups in total. The van der Waals surface area contributed by atoms with E-state index in [1.807, 2.05) is 0 Å². The molecule has 0 aliphatic rings. The summed E-state index contributed by atoms with van der Waals surface area (Å²) in [5.74, 6) is -1.56. The third-order valence-corrected chi connectivity index (χ3v) is 1.23. The molecule has 0 saturated heterocycles. The summed E-state index contributed by atoms with van der Waals surface area (Å²) in [5, 5.41) is 8.95. The van der Waals surface area contributed by atoms with Gasteiger partial charge in [0.25, 0.3) is 0 Å². The maximum absolute atomic E-state index is 10.9. The van der Waals surface area contributed by atoms with E-state index < -0.39 is 17.4 Å². The molecule has 0 radical (unpaired) electrons. The number of ether oxygens (including phenoxy) is 1. The highest BCUT2D eigenvalue weighted by atomic mass is 35.5. The lowest BCUT2D eigenvalue weighted by Crippen LogP contribution is -2.08. The largest absolute Gasteiger partial charge is 0.522 e. The van der Waals surface area contributed by atoms with Crippen molar-refractivity contribution in [3.8, 4) is 0 Å². The summed E-state index contributed by atoms with van der Waals surface area (Å²) in [6.07, 6.45) is 0. The van der Waals surface area contributed by atoms with Crippen LogP contribution >= 0.6 is 11.6 Å². The third kappa shape index (κ3) is 2.81. The summed E-state index contributed by atoms with van der Waals surface area (Å²) in [6.45, 7) is 8.32. The number of carbonyl (C=O) groups excluding carboxylic acids is 1. The van der Waals surface area contributed by atoms with Crippen LogP contribution in [0, 0.1) is 6.57 Å². The fraction of sp³-hybridized carbons (Fsp3) is 0.429. The van der Waals surface area contributed by atoms with Crippen molar-refractivity contribution in [2.45, 2.75) is 6.92 Å². The molecule has 0 fully saturated rings. The molecule has 0 aliphatic carbocycles. The van der Waals surface area contributed by atoms with Gasteiger partial charge >= 0.3 is 11.7 Å². The fourth-order valence-corrected chi connectivity index (χ4v) is 0.617. The van der Waals surface area contributed by atoms with Crippen molar-refractivity contribution in [1.29, 1.82) is 0 Å². The van der Waals surface area contributed by atoms with E-state index in [1.54, 1.807) is 6.92 Å². The van der Waals surface area contributed by atoms with E-state index >= 15 is 0 Å². The van der Waals surface area contributed by atoms with E-state index in [-0.39, 0.29) is 12.5 Å². The predicted molar refractivity (Wildman–Crippen MR) is 43.6 cm³/mol. The van der Waals surface area contributed by atoms with Gasteiger partial charge in [0.15, 0.2) is 0 Å². The SMILES string of the molecule is [C-]#[N+]/C(C(=O)OCC)=C(/O)CCl. The first-order valence-corrected chi connectivity index (χ1v) is 3.73. The number of aliphatic hydroxyl groups is 1. The lowest BCUT2D eigenvalue weighted by atomic mass is 10.4. The summed E-state index contributed by atoms with van der Waals surface area (Å²) in [4.78, 5) is 13.7. The van der Waals surface area contributed by atoms with Gasteiger partial charge < -0.3 is 9.84 Å². The minimum absolute atomic E-state index is 0.160. The summed E-state index contributed by atoms with van der Waals surface area (Å²) >= 11 is 5.21. The number of hydrogen-bond donors (Lipinski definition) is 1. The Morgan fingerprint density at radius 1 is 1.75 bits per heavy atom. The van der Waals surface area contributed by atoms with Crippen LogP contribution in [0.1, 0.15) is 6.92 Å². The molecule has 0 aromatic carbocycles. The zero-order chi connectivity index (χ0) is 9.56. The molecule has 0 aliphatic heterocycles. The standard InChI is InChI=1S/C7H8ClNO3/c1-3-12-7(11)6(9-2)5(10)4-8/h10H,3-4H2,1H3/b6-5+. The summed E-state index contributed by atoms with van der Waals surface area (Å²) in [6, 6.07) is 0. The molecule has 12 heavy (non-hydrogen) atoms. The maximum Gasteiger partial charge on any atom is 0.339 e. The molecule has 0 atom stereocenters. The molecule has 0 amide bonds. The van der Waals surface area contributed by atoms with Gasteiger partial charge in [0.1, 0.15) is 5.76 Å².